The summed E-state index contributed by atoms with van der Waals surface area (Å²) >= 11 is 4.57. The number of amides is 5. The summed E-state index contributed by atoms with van der Waals surface area (Å²) in [4.78, 5) is 66.5. The van der Waals surface area contributed by atoms with Gasteiger partial charge in [0, 0.05) is 25.7 Å². The van der Waals surface area contributed by atoms with E-state index in [4.69, 9.17) is 5.73 Å². The predicted octanol–water partition coefficient (Wildman–Crippen LogP) is 3.10. The molecule has 2 N–H and O–H groups in total. The van der Waals surface area contributed by atoms with E-state index >= 15 is 0 Å². The van der Waals surface area contributed by atoms with Crippen LogP contribution in [0.1, 0.15) is 60.7 Å². The zero-order valence-corrected chi connectivity index (χ0v) is 23.0. The fraction of sp³-hybridized carbons (Fsp3) is 0.393. The average Bonchev–Trinajstić information content (AvgIpc) is 3.12. The van der Waals surface area contributed by atoms with Gasteiger partial charge in [-0.15, -0.1) is 12.6 Å². The monoisotopic (exact) mass is 538 g/mol. The molecule has 0 bridgehead atoms. The normalized spacial score (nSPS) is 15.2. The van der Waals surface area contributed by atoms with Crippen LogP contribution in [0.25, 0.3) is 0 Å². The molecule has 10 heteroatoms. The fourth-order valence-electron chi connectivity index (χ4n) is 4.47. The Morgan fingerprint density at radius 3 is 2.03 bits per heavy atom. The third-order valence-electron chi connectivity index (χ3n) is 6.45. The minimum atomic E-state index is -1.72. The lowest BCUT2D eigenvalue weighted by molar-refractivity contribution is -0.145. The second-order valence-corrected chi connectivity index (χ2v) is 10.8. The minimum absolute atomic E-state index is 0.0386. The maximum absolute atomic E-state index is 13.5. The van der Waals surface area contributed by atoms with Crippen LogP contribution in [0.2, 0.25) is 0 Å². The van der Waals surface area contributed by atoms with Gasteiger partial charge in [-0.05, 0) is 49.9 Å². The lowest BCUT2D eigenvalue weighted by Gasteiger charge is -2.39. The maximum Gasteiger partial charge on any atom is 0.265 e. The van der Waals surface area contributed by atoms with Crippen LogP contribution in [0.3, 0.4) is 0 Å². The van der Waals surface area contributed by atoms with E-state index in [-0.39, 0.29) is 25.3 Å². The first-order chi connectivity index (χ1) is 17.9. The molecular weight excluding hydrogens is 504 g/mol. The van der Waals surface area contributed by atoms with E-state index in [2.05, 4.69) is 12.6 Å². The van der Waals surface area contributed by atoms with E-state index < -0.39 is 40.4 Å². The van der Waals surface area contributed by atoms with Gasteiger partial charge in [0.25, 0.3) is 17.7 Å². The second kappa shape index (κ2) is 11.9. The van der Waals surface area contributed by atoms with Crippen LogP contribution in [0, 0.1) is 5.92 Å². The molecule has 0 unspecified atom stereocenters. The van der Waals surface area contributed by atoms with E-state index in [1.807, 2.05) is 13.8 Å². The van der Waals surface area contributed by atoms with Crippen molar-refractivity contribution in [2.24, 2.45) is 11.7 Å². The summed E-state index contributed by atoms with van der Waals surface area (Å²) in [5.41, 5.74) is 7.29. The van der Waals surface area contributed by atoms with Gasteiger partial charge >= 0.3 is 0 Å². The number of imide groups is 2. The van der Waals surface area contributed by atoms with Gasteiger partial charge in [0.15, 0.2) is 4.87 Å². The van der Waals surface area contributed by atoms with Gasteiger partial charge < -0.3 is 5.73 Å². The van der Waals surface area contributed by atoms with E-state index in [0.717, 1.165) is 9.80 Å². The molecule has 2 aromatic carbocycles. The molecule has 1 aliphatic heterocycles. The lowest BCUT2D eigenvalue weighted by Crippen LogP contribution is -2.60. The molecule has 5 amide bonds. The number of fused-ring (bicyclic) bond motifs is 1. The highest BCUT2D eigenvalue weighted by Crippen LogP contribution is 2.31. The van der Waals surface area contributed by atoms with Crippen molar-refractivity contribution < 1.29 is 24.0 Å². The molecule has 0 aromatic heterocycles. The summed E-state index contributed by atoms with van der Waals surface area (Å²) < 4.78 is 0. The van der Waals surface area contributed by atoms with Crippen LogP contribution in [0.5, 0.6) is 0 Å². The van der Waals surface area contributed by atoms with Crippen molar-refractivity contribution in [3.05, 3.63) is 65.7 Å². The Hall–Kier alpha value is -3.50. The Kier molecular flexibility index (Phi) is 9.11. The van der Waals surface area contributed by atoms with Gasteiger partial charge in [0.1, 0.15) is 0 Å². The number of para-hydroxylation sites is 1. The maximum atomic E-state index is 13.5. The summed E-state index contributed by atoms with van der Waals surface area (Å²) in [7, 11) is 1.32. The van der Waals surface area contributed by atoms with Gasteiger partial charge in [-0.2, -0.15) is 0 Å². The van der Waals surface area contributed by atoms with E-state index in [1.54, 1.807) is 54.6 Å². The SMILES string of the molecule is CC(C)C[C@H](N)C(=O)N(c1ccccc1)[C@](C)(S)C(=O)N(C)C(=O)CCCN1C(=O)c2ccccc2C1=O. The van der Waals surface area contributed by atoms with Crippen LogP contribution in [0.15, 0.2) is 54.6 Å². The van der Waals surface area contributed by atoms with Crippen LogP contribution in [0.4, 0.5) is 5.69 Å². The van der Waals surface area contributed by atoms with Crippen molar-refractivity contribution in [2.45, 2.75) is 50.9 Å². The Labute approximate surface area is 228 Å². The zero-order valence-electron chi connectivity index (χ0n) is 22.1. The Morgan fingerprint density at radius 1 is 0.974 bits per heavy atom. The summed E-state index contributed by atoms with van der Waals surface area (Å²) in [5.74, 6) is -2.37. The quantitative estimate of drug-likeness (QED) is 0.272. The standard InChI is InChI=1S/C28H34N4O5S/c1-18(2)17-22(29)26(36)32(19-11-6-5-7-12-19)28(3,38)27(37)30(4)23(33)15-10-16-31-24(34)20-13-8-9-14-21(20)25(31)35/h5-9,11-14,18,22,38H,10,15-17,29H2,1-4H3/t22-,28+/m0/s1. The van der Waals surface area contributed by atoms with Gasteiger partial charge in [-0.25, -0.2) is 0 Å². The van der Waals surface area contributed by atoms with E-state index in [9.17, 15) is 24.0 Å². The summed E-state index contributed by atoms with van der Waals surface area (Å²) in [6.45, 7) is 5.38. The molecule has 0 aliphatic carbocycles. The number of likely N-dealkylation sites (N-methyl/N-ethyl adjacent to an activating group) is 1. The van der Waals surface area contributed by atoms with Crippen molar-refractivity contribution in [1.29, 1.82) is 0 Å². The number of nitrogens with zero attached hydrogens (tertiary/aromatic N) is 3. The molecule has 0 fully saturated rings. The molecule has 0 saturated heterocycles. The van der Waals surface area contributed by atoms with Crippen molar-refractivity contribution in [1.82, 2.24) is 9.80 Å². The smallest absolute Gasteiger partial charge is 0.265 e. The number of hydrogen-bond donors (Lipinski definition) is 2. The highest BCUT2D eigenvalue weighted by atomic mass is 32.1. The fourth-order valence-corrected chi connectivity index (χ4v) is 4.83. The first kappa shape index (κ1) is 29.1. The van der Waals surface area contributed by atoms with Gasteiger partial charge in [0.05, 0.1) is 17.2 Å². The Morgan fingerprint density at radius 2 is 1.50 bits per heavy atom. The van der Waals surface area contributed by atoms with Crippen LogP contribution in [-0.2, 0) is 14.4 Å². The summed E-state index contributed by atoms with van der Waals surface area (Å²) in [6, 6.07) is 14.3. The van der Waals surface area contributed by atoms with Gasteiger partial charge in [0.2, 0.25) is 11.8 Å². The molecule has 0 spiro atoms. The first-order valence-corrected chi connectivity index (χ1v) is 13.0. The predicted molar refractivity (Wildman–Crippen MR) is 148 cm³/mol. The third-order valence-corrected chi connectivity index (χ3v) is 6.84. The molecule has 2 aromatic rings. The molecule has 9 nitrogen and oxygen atoms in total. The topological polar surface area (TPSA) is 121 Å². The molecule has 2 atom stereocenters. The number of rotatable bonds is 10. The lowest BCUT2D eigenvalue weighted by atomic mass is 10.0. The summed E-state index contributed by atoms with van der Waals surface area (Å²) in [5, 5.41) is 0. The van der Waals surface area contributed by atoms with Crippen molar-refractivity contribution in [3.63, 3.8) is 0 Å². The highest BCUT2D eigenvalue weighted by molar-refractivity contribution is 7.83. The van der Waals surface area contributed by atoms with Crippen molar-refractivity contribution in [3.8, 4) is 0 Å². The van der Waals surface area contributed by atoms with E-state index in [0.29, 0.717) is 23.2 Å². The van der Waals surface area contributed by atoms with Crippen molar-refractivity contribution >= 4 is 47.9 Å². The molecular formula is C28H34N4O5S. The number of benzene rings is 2. The Balaban J connectivity index is 1.70. The van der Waals surface area contributed by atoms with Gasteiger partial charge in [-0.3, -0.25) is 38.7 Å². The molecule has 0 radical (unpaired) electrons. The third kappa shape index (κ3) is 5.97. The van der Waals surface area contributed by atoms with Gasteiger partial charge in [-0.1, -0.05) is 44.2 Å². The number of carbonyl (C=O) groups is 5. The first-order valence-electron chi connectivity index (χ1n) is 12.5. The van der Waals surface area contributed by atoms with Crippen LogP contribution >= 0.6 is 12.6 Å². The summed E-state index contributed by atoms with van der Waals surface area (Å²) in [6.07, 6.45) is 0.490. The molecule has 0 saturated carbocycles. The molecule has 1 aliphatic rings. The number of thiol groups is 1. The zero-order chi connectivity index (χ0) is 28.2. The molecule has 1 heterocycles. The Bertz CT molecular complexity index is 1200. The molecule has 3 rings (SSSR count). The second-order valence-electron chi connectivity index (χ2n) is 9.94. The van der Waals surface area contributed by atoms with Crippen LogP contribution < -0.4 is 10.6 Å². The average molecular weight is 539 g/mol. The van der Waals surface area contributed by atoms with Crippen LogP contribution in [-0.4, -0.2) is 63.8 Å². The molecule has 38 heavy (non-hydrogen) atoms. The minimum Gasteiger partial charge on any atom is -0.320 e. The molecule has 202 valence electrons. The largest absolute Gasteiger partial charge is 0.320 e. The number of carbonyl (C=O) groups excluding carboxylic acids is 5. The number of nitrogens with two attached hydrogens (primary N) is 1. The number of anilines is 1. The van der Waals surface area contributed by atoms with Crippen molar-refractivity contribution in [2.75, 3.05) is 18.5 Å². The number of hydrogen-bond acceptors (Lipinski definition) is 7. The highest BCUT2D eigenvalue weighted by Gasteiger charge is 2.44. The van der Waals surface area contributed by atoms with E-state index in [1.165, 1.54) is 18.9 Å².